The molecule has 5 rings (SSSR count). The number of rotatable bonds is 5. The number of aromatic nitrogens is 5. The van der Waals surface area contributed by atoms with Crippen LogP contribution in [-0.4, -0.2) is 48.3 Å². The van der Waals surface area contributed by atoms with Crippen LogP contribution in [0.3, 0.4) is 0 Å². The first-order valence-electron chi connectivity index (χ1n) is 9.95. The summed E-state index contributed by atoms with van der Waals surface area (Å²) in [5, 5.41) is 8.34. The summed E-state index contributed by atoms with van der Waals surface area (Å²) in [5.74, 6) is 0.620. The minimum absolute atomic E-state index is 0.0503. The topological polar surface area (TPSA) is 94.6 Å². The zero-order chi connectivity index (χ0) is 21.4. The molecule has 0 bridgehead atoms. The standard InChI is InChI=1S/C22H20N6O3/c1-15-10-20(29)27-9-5-8-19(21(27)23-15)22(30)26-12-17(13-26)28-11-16(24-25-28)14-31-18-6-3-2-4-7-18/h2-11,17H,12-14H2,1H3. The number of benzene rings is 1. The summed E-state index contributed by atoms with van der Waals surface area (Å²) in [5.41, 5.74) is 1.90. The van der Waals surface area contributed by atoms with Gasteiger partial charge in [-0.3, -0.25) is 14.0 Å². The van der Waals surface area contributed by atoms with Gasteiger partial charge in [-0.15, -0.1) is 5.10 Å². The first-order valence-corrected chi connectivity index (χ1v) is 9.95. The van der Waals surface area contributed by atoms with Crippen LogP contribution in [0.2, 0.25) is 0 Å². The van der Waals surface area contributed by atoms with Crippen molar-refractivity contribution in [3.63, 3.8) is 0 Å². The van der Waals surface area contributed by atoms with Crippen molar-refractivity contribution in [1.29, 1.82) is 0 Å². The number of fused-ring (bicyclic) bond motifs is 1. The Labute approximate surface area is 177 Å². The molecule has 156 valence electrons. The van der Waals surface area contributed by atoms with E-state index in [0.29, 0.717) is 36.6 Å². The molecule has 9 nitrogen and oxygen atoms in total. The second-order valence-corrected chi connectivity index (χ2v) is 7.51. The molecular formula is C22H20N6O3. The zero-order valence-electron chi connectivity index (χ0n) is 16.9. The smallest absolute Gasteiger partial charge is 0.258 e. The summed E-state index contributed by atoms with van der Waals surface area (Å²) >= 11 is 0. The van der Waals surface area contributed by atoms with Crippen molar-refractivity contribution in [2.75, 3.05) is 13.1 Å². The highest BCUT2D eigenvalue weighted by Gasteiger charge is 2.34. The van der Waals surface area contributed by atoms with Gasteiger partial charge in [-0.25, -0.2) is 9.67 Å². The fraction of sp³-hybridized carbons (Fsp3) is 0.227. The van der Waals surface area contributed by atoms with Gasteiger partial charge in [-0.1, -0.05) is 23.4 Å². The van der Waals surface area contributed by atoms with Crippen LogP contribution in [-0.2, 0) is 6.61 Å². The number of carbonyl (C=O) groups is 1. The van der Waals surface area contributed by atoms with E-state index in [2.05, 4.69) is 15.3 Å². The molecule has 0 radical (unpaired) electrons. The molecule has 1 amide bonds. The Bertz CT molecular complexity index is 1310. The van der Waals surface area contributed by atoms with Crippen LogP contribution in [0.5, 0.6) is 5.75 Å². The molecule has 0 saturated carbocycles. The maximum absolute atomic E-state index is 13.0. The van der Waals surface area contributed by atoms with Crippen LogP contribution in [0.1, 0.15) is 27.8 Å². The highest BCUT2D eigenvalue weighted by atomic mass is 16.5. The Kier molecular flexibility index (Phi) is 4.70. The molecule has 1 fully saturated rings. The number of hydrogen-bond acceptors (Lipinski definition) is 6. The van der Waals surface area contributed by atoms with Crippen LogP contribution >= 0.6 is 0 Å². The van der Waals surface area contributed by atoms with E-state index in [1.165, 1.54) is 10.5 Å². The molecule has 9 heteroatoms. The molecule has 1 aromatic carbocycles. The van der Waals surface area contributed by atoms with Crippen LogP contribution in [0.15, 0.2) is 65.7 Å². The first-order chi connectivity index (χ1) is 15.1. The molecule has 4 heterocycles. The highest BCUT2D eigenvalue weighted by molar-refractivity contribution is 6.00. The van der Waals surface area contributed by atoms with Gasteiger partial charge in [0.2, 0.25) is 0 Å². The third kappa shape index (κ3) is 3.65. The van der Waals surface area contributed by atoms with Crippen LogP contribution in [0.4, 0.5) is 0 Å². The Balaban J connectivity index is 1.25. The number of ether oxygens (including phenoxy) is 1. The molecule has 0 N–H and O–H groups in total. The van der Waals surface area contributed by atoms with Crippen LogP contribution < -0.4 is 10.3 Å². The van der Waals surface area contributed by atoms with Crippen molar-refractivity contribution in [2.24, 2.45) is 0 Å². The van der Waals surface area contributed by atoms with Crippen LogP contribution in [0.25, 0.3) is 5.65 Å². The minimum atomic E-state index is -0.202. The molecule has 0 atom stereocenters. The van der Waals surface area contributed by atoms with E-state index in [4.69, 9.17) is 4.74 Å². The van der Waals surface area contributed by atoms with Gasteiger partial charge in [-0.05, 0) is 31.2 Å². The Morgan fingerprint density at radius 3 is 2.77 bits per heavy atom. The number of likely N-dealkylation sites (tertiary alicyclic amines) is 1. The molecule has 3 aromatic heterocycles. The van der Waals surface area contributed by atoms with Crippen molar-refractivity contribution >= 4 is 11.6 Å². The molecule has 0 spiro atoms. The summed E-state index contributed by atoms with van der Waals surface area (Å²) in [6.07, 6.45) is 3.46. The lowest BCUT2D eigenvalue weighted by molar-refractivity contribution is 0.0499. The predicted molar refractivity (Wildman–Crippen MR) is 112 cm³/mol. The zero-order valence-corrected chi connectivity index (χ0v) is 16.9. The predicted octanol–water partition coefficient (Wildman–Crippen LogP) is 1.87. The van der Waals surface area contributed by atoms with Crippen molar-refractivity contribution < 1.29 is 9.53 Å². The van der Waals surface area contributed by atoms with Crippen molar-refractivity contribution in [3.8, 4) is 5.75 Å². The number of carbonyl (C=O) groups excluding carboxylic acids is 1. The van der Waals surface area contributed by atoms with Crippen LogP contribution in [0, 0.1) is 6.92 Å². The third-order valence-electron chi connectivity index (χ3n) is 5.26. The molecule has 0 aliphatic carbocycles. The maximum Gasteiger partial charge on any atom is 0.258 e. The van der Waals surface area contributed by atoms with Gasteiger partial charge in [-0.2, -0.15) is 0 Å². The lowest BCUT2D eigenvalue weighted by Crippen LogP contribution is -2.51. The van der Waals surface area contributed by atoms with E-state index in [-0.39, 0.29) is 17.5 Å². The quantitative estimate of drug-likeness (QED) is 0.493. The Morgan fingerprint density at radius 1 is 1.16 bits per heavy atom. The number of nitrogens with zero attached hydrogens (tertiary/aromatic N) is 6. The molecule has 0 unspecified atom stereocenters. The largest absolute Gasteiger partial charge is 0.487 e. The van der Waals surface area contributed by atoms with Crippen molar-refractivity contribution in [3.05, 3.63) is 88.2 Å². The SMILES string of the molecule is Cc1cc(=O)n2cccc(C(=O)N3CC(n4cc(COc5ccccc5)nn4)C3)c2n1. The van der Waals surface area contributed by atoms with Gasteiger partial charge in [0.05, 0.1) is 17.8 Å². The van der Waals surface area contributed by atoms with E-state index < -0.39 is 0 Å². The lowest BCUT2D eigenvalue weighted by Gasteiger charge is -2.38. The minimum Gasteiger partial charge on any atom is -0.487 e. The second-order valence-electron chi connectivity index (χ2n) is 7.51. The van der Waals surface area contributed by atoms with E-state index in [0.717, 1.165) is 11.4 Å². The van der Waals surface area contributed by atoms with E-state index in [1.807, 2.05) is 36.5 Å². The number of para-hydroxylation sites is 1. The van der Waals surface area contributed by atoms with Gasteiger partial charge in [0, 0.05) is 31.0 Å². The van der Waals surface area contributed by atoms with Gasteiger partial charge in [0.25, 0.3) is 11.5 Å². The summed E-state index contributed by atoms with van der Waals surface area (Å²) in [4.78, 5) is 31.3. The average Bonchev–Trinajstić information content (AvgIpc) is 3.20. The fourth-order valence-electron chi connectivity index (χ4n) is 3.60. The molecule has 1 aliphatic heterocycles. The van der Waals surface area contributed by atoms with Gasteiger partial charge in [0.1, 0.15) is 18.1 Å². The van der Waals surface area contributed by atoms with Gasteiger partial charge < -0.3 is 9.64 Å². The van der Waals surface area contributed by atoms with Crippen molar-refractivity contribution in [2.45, 2.75) is 19.6 Å². The molecule has 1 aliphatic rings. The van der Waals surface area contributed by atoms with Gasteiger partial charge >= 0.3 is 0 Å². The highest BCUT2D eigenvalue weighted by Crippen LogP contribution is 2.24. The normalized spacial score (nSPS) is 13.9. The molecular weight excluding hydrogens is 396 g/mol. The Morgan fingerprint density at radius 2 is 1.97 bits per heavy atom. The summed E-state index contributed by atoms with van der Waals surface area (Å²) in [6, 6.07) is 14.4. The first kappa shape index (κ1) is 19.0. The van der Waals surface area contributed by atoms with E-state index in [1.54, 1.807) is 34.8 Å². The molecule has 4 aromatic rings. The van der Waals surface area contributed by atoms with Gasteiger partial charge in [0.15, 0.2) is 5.65 Å². The number of hydrogen-bond donors (Lipinski definition) is 0. The number of aryl methyl sites for hydroxylation is 1. The number of amides is 1. The Hall–Kier alpha value is -4.01. The van der Waals surface area contributed by atoms with Crippen molar-refractivity contribution in [1.82, 2.24) is 29.3 Å². The molecule has 31 heavy (non-hydrogen) atoms. The lowest BCUT2D eigenvalue weighted by atomic mass is 10.1. The third-order valence-corrected chi connectivity index (χ3v) is 5.26. The maximum atomic E-state index is 13.0. The summed E-state index contributed by atoms with van der Waals surface area (Å²) < 4.78 is 8.86. The average molecular weight is 416 g/mol. The summed E-state index contributed by atoms with van der Waals surface area (Å²) in [6.45, 7) is 3.10. The summed E-state index contributed by atoms with van der Waals surface area (Å²) in [7, 11) is 0. The van der Waals surface area contributed by atoms with E-state index in [9.17, 15) is 9.59 Å². The fourth-order valence-corrected chi connectivity index (χ4v) is 3.60. The number of pyridine rings is 1. The molecule has 1 saturated heterocycles. The second kappa shape index (κ2) is 7.67. The monoisotopic (exact) mass is 416 g/mol. The van der Waals surface area contributed by atoms with E-state index >= 15 is 0 Å².